The quantitative estimate of drug-likeness (QED) is 0.617. The fourth-order valence-corrected chi connectivity index (χ4v) is 2.29. The molecule has 0 saturated carbocycles. The molecular formula is C11H14N2OS. The van der Waals surface area contributed by atoms with Gasteiger partial charge in [0.1, 0.15) is 5.76 Å². The van der Waals surface area contributed by atoms with Crippen LogP contribution in [0.4, 0.5) is 0 Å². The Bertz CT molecular complexity index is 408. The van der Waals surface area contributed by atoms with Gasteiger partial charge in [0.25, 0.3) is 0 Å². The molecule has 0 aliphatic carbocycles. The lowest BCUT2D eigenvalue weighted by atomic mass is 10.1. The van der Waals surface area contributed by atoms with Gasteiger partial charge in [-0.2, -0.15) is 11.3 Å². The van der Waals surface area contributed by atoms with E-state index in [0.717, 1.165) is 17.7 Å². The Kier molecular flexibility index (Phi) is 3.20. The number of nitrogens with two attached hydrogens (primary N) is 1. The highest BCUT2D eigenvalue weighted by Crippen LogP contribution is 2.22. The monoisotopic (exact) mass is 222 g/mol. The lowest BCUT2D eigenvalue weighted by molar-refractivity contribution is 0.413. The Labute approximate surface area is 92.9 Å². The highest BCUT2D eigenvalue weighted by Gasteiger charge is 2.16. The van der Waals surface area contributed by atoms with Gasteiger partial charge in [0.05, 0.1) is 12.3 Å². The van der Waals surface area contributed by atoms with E-state index in [1.807, 2.05) is 13.0 Å². The van der Waals surface area contributed by atoms with Gasteiger partial charge >= 0.3 is 0 Å². The second-order valence-electron chi connectivity index (χ2n) is 3.52. The van der Waals surface area contributed by atoms with Crippen molar-refractivity contribution in [3.05, 3.63) is 46.0 Å². The first-order valence-electron chi connectivity index (χ1n) is 4.82. The van der Waals surface area contributed by atoms with Gasteiger partial charge in [0, 0.05) is 0 Å². The van der Waals surface area contributed by atoms with E-state index in [1.54, 1.807) is 17.6 Å². The second-order valence-corrected chi connectivity index (χ2v) is 4.30. The maximum Gasteiger partial charge on any atom is 0.125 e. The molecule has 2 heterocycles. The number of furan rings is 1. The molecule has 0 aliphatic heterocycles. The van der Waals surface area contributed by atoms with E-state index in [0.29, 0.717) is 0 Å². The number of nitrogens with one attached hydrogen (secondary N) is 1. The van der Waals surface area contributed by atoms with Gasteiger partial charge in [-0.3, -0.25) is 5.84 Å². The molecular weight excluding hydrogens is 208 g/mol. The topological polar surface area (TPSA) is 51.2 Å². The summed E-state index contributed by atoms with van der Waals surface area (Å²) in [4.78, 5) is 0. The summed E-state index contributed by atoms with van der Waals surface area (Å²) < 4.78 is 5.43. The van der Waals surface area contributed by atoms with Gasteiger partial charge in [-0.05, 0) is 47.4 Å². The molecule has 0 amide bonds. The summed E-state index contributed by atoms with van der Waals surface area (Å²) in [6.07, 6.45) is 2.55. The second kappa shape index (κ2) is 4.61. The van der Waals surface area contributed by atoms with E-state index in [9.17, 15) is 0 Å². The maximum absolute atomic E-state index is 5.54. The van der Waals surface area contributed by atoms with Crippen LogP contribution in [0, 0.1) is 6.92 Å². The summed E-state index contributed by atoms with van der Waals surface area (Å²) in [5, 5.41) is 4.19. The highest BCUT2D eigenvalue weighted by atomic mass is 32.1. The molecule has 0 fully saturated rings. The van der Waals surface area contributed by atoms with E-state index in [1.165, 1.54) is 5.56 Å². The first-order chi connectivity index (χ1) is 7.31. The van der Waals surface area contributed by atoms with Crippen LogP contribution in [0.25, 0.3) is 0 Å². The Morgan fingerprint density at radius 2 is 2.40 bits per heavy atom. The minimum absolute atomic E-state index is 0.0506. The fraction of sp³-hybridized carbons (Fsp3) is 0.273. The number of hydrazine groups is 1. The molecule has 1 unspecified atom stereocenters. The molecule has 3 N–H and O–H groups in total. The van der Waals surface area contributed by atoms with Crippen LogP contribution < -0.4 is 11.3 Å². The fourth-order valence-electron chi connectivity index (χ4n) is 1.61. The molecule has 80 valence electrons. The average molecular weight is 222 g/mol. The number of hydrogen-bond donors (Lipinski definition) is 2. The SMILES string of the molecule is Cc1ccoc1C(Cc1ccsc1)NN. The van der Waals surface area contributed by atoms with Gasteiger partial charge in [0.2, 0.25) is 0 Å². The lowest BCUT2D eigenvalue weighted by Gasteiger charge is -2.13. The highest BCUT2D eigenvalue weighted by molar-refractivity contribution is 7.07. The summed E-state index contributed by atoms with van der Waals surface area (Å²) in [7, 11) is 0. The van der Waals surface area contributed by atoms with Crippen LogP contribution in [0.5, 0.6) is 0 Å². The Morgan fingerprint density at radius 3 is 2.93 bits per heavy atom. The Hall–Kier alpha value is -1.10. The van der Waals surface area contributed by atoms with Crippen LogP contribution in [0.1, 0.15) is 22.9 Å². The maximum atomic E-state index is 5.54. The van der Waals surface area contributed by atoms with Crippen molar-refractivity contribution in [2.45, 2.75) is 19.4 Å². The van der Waals surface area contributed by atoms with Crippen molar-refractivity contribution in [1.82, 2.24) is 5.43 Å². The third-order valence-electron chi connectivity index (χ3n) is 2.44. The lowest BCUT2D eigenvalue weighted by Crippen LogP contribution is -2.29. The van der Waals surface area contributed by atoms with Crippen LogP contribution in [-0.2, 0) is 6.42 Å². The molecule has 0 bridgehead atoms. The van der Waals surface area contributed by atoms with Crippen LogP contribution in [0.2, 0.25) is 0 Å². The molecule has 15 heavy (non-hydrogen) atoms. The molecule has 2 aromatic heterocycles. The summed E-state index contributed by atoms with van der Waals surface area (Å²) >= 11 is 1.69. The van der Waals surface area contributed by atoms with Crippen molar-refractivity contribution in [3.8, 4) is 0 Å². The first-order valence-corrected chi connectivity index (χ1v) is 5.76. The molecule has 2 aromatic rings. The molecule has 3 nitrogen and oxygen atoms in total. The van der Waals surface area contributed by atoms with Crippen LogP contribution >= 0.6 is 11.3 Å². The standard InChI is InChI=1S/C11H14N2OS/c1-8-2-4-14-11(8)10(13-12)6-9-3-5-15-7-9/h2-5,7,10,13H,6,12H2,1H3. The van der Waals surface area contributed by atoms with Gasteiger partial charge < -0.3 is 4.42 Å². The van der Waals surface area contributed by atoms with E-state index >= 15 is 0 Å². The third-order valence-corrected chi connectivity index (χ3v) is 3.17. The van der Waals surface area contributed by atoms with Crippen molar-refractivity contribution < 1.29 is 4.42 Å². The normalized spacial score (nSPS) is 12.9. The molecule has 0 spiro atoms. The summed E-state index contributed by atoms with van der Waals surface area (Å²) in [5.74, 6) is 6.46. The first kappa shape index (κ1) is 10.4. The van der Waals surface area contributed by atoms with Gasteiger partial charge in [-0.1, -0.05) is 0 Å². The predicted octanol–water partition coefficient (Wildman–Crippen LogP) is 2.40. The van der Waals surface area contributed by atoms with Gasteiger partial charge in [0.15, 0.2) is 0 Å². The predicted molar refractivity (Wildman–Crippen MR) is 61.5 cm³/mol. The zero-order valence-electron chi connectivity index (χ0n) is 8.57. The third kappa shape index (κ3) is 2.28. The Morgan fingerprint density at radius 1 is 1.53 bits per heavy atom. The van der Waals surface area contributed by atoms with E-state index < -0.39 is 0 Å². The molecule has 0 aromatic carbocycles. The van der Waals surface area contributed by atoms with Crippen molar-refractivity contribution in [3.63, 3.8) is 0 Å². The molecule has 1 atom stereocenters. The molecule has 0 saturated heterocycles. The minimum atomic E-state index is 0.0506. The minimum Gasteiger partial charge on any atom is -0.467 e. The molecule has 0 aliphatic rings. The van der Waals surface area contributed by atoms with Gasteiger partial charge in [-0.15, -0.1) is 0 Å². The zero-order chi connectivity index (χ0) is 10.7. The molecule has 0 radical (unpaired) electrons. The largest absolute Gasteiger partial charge is 0.467 e. The van der Waals surface area contributed by atoms with E-state index in [2.05, 4.69) is 22.3 Å². The number of hydrogen-bond acceptors (Lipinski definition) is 4. The molecule has 2 rings (SSSR count). The number of aryl methyl sites for hydroxylation is 1. The summed E-state index contributed by atoms with van der Waals surface area (Å²) in [6.45, 7) is 2.02. The summed E-state index contributed by atoms with van der Waals surface area (Å²) in [6, 6.07) is 4.11. The number of rotatable bonds is 4. The van der Waals surface area contributed by atoms with Crippen LogP contribution in [0.15, 0.2) is 33.6 Å². The smallest absolute Gasteiger partial charge is 0.125 e. The van der Waals surface area contributed by atoms with Crippen molar-refractivity contribution >= 4 is 11.3 Å². The molecule has 4 heteroatoms. The van der Waals surface area contributed by atoms with Gasteiger partial charge in [-0.25, -0.2) is 5.43 Å². The van der Waals surface area contributed by atoms with Crippen LogP contribution in [0.3, 0.4) is 0 Å². The zero-order valence-corrected chi connectivity index (χ0v) is 9.38. The van der Waals surface area contributed by atoms with Crippen LogP contribution in [-0.4, -0.2) is 0 Å². The van der Waals surface area contributed by atoms with Crippen molar-refractivity contribution in [2.75, 3.05) is 0 Å². The van der Waals surface area contributed by atoms with Crippen molar-refractivity contribution in [1.29, 1.82) is 0 Å². The number of thiophene rings is 1. The van der Waals surface area contributed by atoms with E-state index in [-0.39, 0.29) is 6.04 Å². The Balaban J connectivity index is 2.15. The van der Waals surface area contributed by atoms with Crippen molar-refractivity contribution in [2.24, 2.45) is 5.84 Å². The van der Waals surface area contributed by atoms with E-state index in [4.69, 9.17) is 10.3 Å². The summed E-state index contributed by atoms with van der Waals surface area (Å²) in [5.41, 5.74) is 5.20. The average Bonchev–Trinajstić information content (AvgIpc) is 2.85.